The van der Waals surface area contributed by atoms with E-state index in [2.05, 4.69) is 30.2 Å². The Kier molecular flexibility index (Phi) is 5.02. The summed E-state index contributed by atoms with van der Waals surface area (Å²) >= 11 is 7.75. The van der Waals surface area contributed by atoms with Crippen LogP contribution in [0.3, 0.4) is 0 Å². The Morgan fingerprint density at radius 3 is 2.84 bits per heavy atom. The minimum atomic E-state index is 0.0403. The largest absolute Gasteiger partial charge is 0.345 e. The van der Waals surface area contributed by atoms with Crippen molar-refractivity contribution in [3.63, 3.8) is 0 Å². The fourth-order valence-corrected chi connectivity index (χ4v) is 4.51. The zero-order valence-corrected chi connectivity index (χ0v) is 13.5. The first-order valence-corrected chi connectivity index (χ1v) is 8.56. The molecule has 2 atom stereocenters. The first kappa shape index (κ1) is 15.0. The number of nitrogens with zero attached hydrogens (tertiary/aromatic N) is 1. The average Bonchev–Trinajstić information content (AvgIpc) is 2.94. The van der Waals surface area contributed by atoms with Crippen LogP contribution in [0.5, 0.6) is 0 Å². The van der Waals surface area contributed by atoms with E-state index in [4.69, 9.17) is 11.6 Å². The molecule has 0 amide bonds. The molecule has 0 radical (unpaired) electrons. The molecular formula is C15H22ClNOS. The SMILES string of the molecule is CCSC1CCC(n2c(C)cc(C(=O)CCl)c2C)C1. The summed E-state index contributed by atoms with van der Waals surface area (Å²) in [4.78, 5) is 11.8. The number of aromatic nitrogens is 1. The second kappa shape index (κ2) is 6.36. The lowest BCUT2D eigenvalue weighted by Crippen LogP contribution is -2.11. The van der Waals surface area contributed by atoms with Gasteiger partial charge in [-0.2, -0.15) is 11.8 Å². The summed E-state index contributed by atoms with van der Waals surface area (Å²) in [6.07, 6.45) is 3.74. The van der Waals surface area contributed by atoms with Crippen molar-refractivity contribution in [2.24, 2.45) is 0 Å². The molecule has 0 aromatic carbocycles. The van der Waals surface area contributed by atoms with E-state index in [1.807, 2.05) is 13.0 Å². The van der Waals surface area contributed by atoms with Gasteiger partial charge in [0.25, 0.3) is 0 Å². The molecule has 0 aliphatic heterocycles. The molecule has 1 aliphatic rings. The van der Waals surface area contributed by atoms with Gasteiger partial charge in [-0.1, -0.05) is 6.92 Å². The maximum Gasteiger partial charge on any atom is 0.179 e. The smallest absolute Gasteiger partial charge is 0.179 e. The molecule has 0 N–H and O–H groups in total. The van der Waals surface area contributed by atoms with Crippen LogP contribution in [0, 0.1) is 13.8 Å². The predicted molar refractivity (Wildman–Crippen MR) is 83.8 cm³/mol. The molecule has 1 aromatic heterocycles. The number of aryl methyl sites for hydroxylation is 1. The van der Waals surface area contributed by atoms with Gasteiger partial charge in [0.15, 0.2) is 5.78 Å². The van der Waals surface area contributed by atoms with E-state index >= 15 is 0 Å². The van der Waals surface area contributed by atoms with Crippen LogP contribution >= 0.6 is 23.4 Å². The van der Waals surface area contributed by atoms with Crippen LogP contribution in [0.2, 0.25) is 0 Å². The molecule has 2 unspecified atom stereocenters. The molecule has 1 heterocycles. The van der Waals surface area contributed by atoms with Gasteiger partial charge >= 0.3 is 0 Å². The fraction of sp³-hybridized carbons (Fsp3) is 0.667. The summed E-state index contributed by atoms with van der Waals surface area (Å²) in [6.45, 7) is 6.37. The topological polar surface area (TPSA) is 22.0 Å². The normalized spacial score (nSPS) is 22.9. The van der Waals surface area contributed by atoms with Crippen LogP contribution in [0.15, 0.2) is 6.07 Å². The lowest BCUT2D eigenvalue weighted by Gasteiger charge is -2.18. The quantitative estimate of drug-likeness (QED) is 0.595. The minimum Gasteiger partial charge on any atom is -0.345 e. The molecule has 0 spiro atoms. The number of rotatable bonds is 5. The second-order valence-electron chi connectivity index (χ2n) is 5.26. The van der Waals surface area contributed by atoms with Crippen LogP contribution in [0.1, 0.15) is 54.0 Å². The highest BCUT2D eigenvalue weighted by atomic mass is 35.5. The molecule has 1 aliphatic carbocycles. The highest BCUT2D eigenvalue weighted by Gasteiger charge is 2.28. The van der Waals surface area contributed by atoms with E-state index in [0.717, 1.165) is 16.5 Å². The maximum atomic E-state index is 11.8. The molecule has 0 saturated heterocycles. The van der Waals surface area contributed by atoms with Gasteiger partial charge in [-0.25, -0.2) is 0 Å². The zero-order chi connectivity index (χ0) is 14.0. The van der Waals surface area contributed by atoms with Gasteiger partial charge in [-0.05, 0) is 44.9 Å². The van der Waals surface area contributed by atoms with Crippen LogP contribution < -0.4 is 0 Å². The van der Waals surface area contributed by atoms with Gasteiger partial charge in [0, 0.05) is 28.2 Å². The van der Waals surface area contributed by atoms with Crippen molar-refractivity contribution in [1.82, 2.24) is 4.57 Å². The zero-order valence-electron chi connectivity index (χ0n) is 11.9. The van der Waals surface area contributed by atoms with Crippen molar-refractivity contribution < 1.29 is 4.79 Å². The Labute approximate surface area is 124 Å². The number of thioether (sulfide) groups is 1. The molecule has 106 valence electrons. The number of Topliss-reactive ketones (excluding diaryl/α,β-unsaturated/α-hetero) is 1. The van der Waals surface area contributed by atoms with Gasteiger partial charge in [-0.3, -0.25) is 4.79 Å². The summed E-state index contributed by atoms with van der Waals surface area (Å²) in [6, 6.07) is 2.56. The molecule has 2 nitrogen and oxygen atoms in total. The van der Waals surface area contributed by atoms with Gasteiger partial charge < -0.3 is 4.57 Å². The summed E-state index contributed by atoms with van der Waals surface area (Å²) in [5.74, 6) is 1.30. The van der Waals surface area contributed by atoms with E-state index in [9.17, 15) is 4.79 Å². The number of ketones is 1. The standard InChI is InChI=1S/C15H22ClNOS/c1-4-19-13-6-5-12(8-13)17-10(2)7-14(11(17)3)15(18)9-16/h7,12-13H,4-6,8-9H2,1-3H3. The number of hydrogen-bond donors (Lipinski definition) is 0. The van der Waals surface area contributed by atoms with Crippen molar-refractivity contribution in [1.29, 1.82) is 0 Å². The van der Waals surface area contributed by atoms with Crippen molar-refractivity contribution in [2.75, 3.05) is 11.6 Å². The van der Waals surface area contributed by atoms with Gasteiger partial charge in [0.2, 0.25) is 0 Å². The number of hydrogen-bond acceptors (Lipinski definition) is 2. The third-order valence-electron chi connectivity index (χ3n) is 4.03. The van der Waals surface area contributed by atoms with Crippen LogP contribution in [-0.2, 0) is 0 Å². The third-order valence-corrected chi connectivity index (χ3v) is 5.51. The Balaban J connectivity index is 2.22. The number of alkyl halides is 1. The molecule has 0 bridgehead atoms. The highest BCUT2D eigenvalue weighted by Crippen LogP contribution is 2.39. The van der Waals surface area contributed by atoms with Crippen LogP contribution in [0.4, 0.5) is 0 Å². The molecule has 1 saturated carbocycles. The van der Waals surface area contributed by atoms with E-state index < -0.39 is 0 Å². The van der Waals surface area contributed by atoms with Crippen LogP contribution in [0.25, 0.3) is 0 Å². The Hall–Kier alpha value is -0.410. The number of carbonyl (C=O) groups is 1. The molecular weight excluding hydrogens is 278 g/mol. The molecule has 1 fully saturated rings. The second-order valence-corrected chi connectivity index (χ2v) is 7.10. The van der Waals surface area contributed by atoms with E-state index in [-0.39, 0.29) is 11.7 Å². The van der Waals surface area contributed by atoms with Gasteiger partial charge in [0.1, 0.15) is 0 Å². The number of carbonyl (C=O) groups excluding carboxylic acids is 1. The lowest BCUT2D eigenvalue weighted by molar-refractivity contribution is 0.102. The van der Waals surface area contributed by atoms with Crippen molar-refractivity contribution in [3.05, 3.63) is 23.0 Å². The van der Waals surface area contributed by atoms with Gasteiger partial charge in [0.05, 0.1) is 5.88 Å². The summed E-state index contributed by atoms with van der Waals surface area (Å²) in [5, 5.41) is 0.781. The van der Waals surface area contributed by atoms with Crippen LogP contribution in [-0.4, -0.2) is 27.2 Å². The predicted octanol–water partition coefficient (Wildman–Crippen LogP) is 4.37. The summed E-state index contributed by atoms with van der Waals surface area (Å²) < 4.78 is 2.36. The molecule has 4 heteroatoms. The molecule has 2 rings (SSSR count). The van der Waals surface area contributed by atoms with E-state index in [0.29, 0.717) is 6.04 Å². The first-order chi connectivity index (χ1) is 9.08. The summed E-state index contributed by atoms with van der Waals surface area (Å²) in [5.41, 5.74) is 3.09. The number of halogens is 1. The van der Waals surface area contributed by atoms with E-state index in [1.165, 1.54) is 30.7 Å². The third kappa shape index (κ3) is 3.03. The summed E-state index contributed by atoms with van der Waals surface area (Å²) in [7, 11) is 0. The average molecular weight is 300 g/mol. The maximum absolute atomic E-state index is 11.8. The van der Waals surface area contributed by atoms with Gasteiger partial charge in [-0.15, -0.1) is 11.6 Å². The minimum absolute atomic E-state index is 0.0403. The highest BCUT2D eigenvalue weighted by molar-refractivity contribution is 7.99. The fourth-order valence-electron chi connectivity index (χ4n) is 3.23. The Morgan fingerprint density at radius 2 is 2.21 bits per heavy atom. The van der Waals surface area contributed by atoms with Crippen molar-refractivity contribution >= 4 is 29.1 Å². The first-order valence-electron chi connectivity index (χ1n) is 6.97. The molecule has 1 aromatic rings. The molecule has 19 heavy (non-hydrogen) atoms. The lowest BCUT2D eigenvalue weighted by atomic mass is 10.2. The Bertz CT molecular complexity index is 469. The Morgan fingerprint density at radius 1 is 1.47 bits per heavy atom. The van der Waals surface area contributed by atoms with Crippen molar-refractivity contribution in [3.8, 4) is 0 Å². The van der Waals surface area contributed by atoms with Crippen molar-refractivity contribution in [2.45, 2.75) is 51.3 Å². The van der Waals surface area contributed by atoms with E-state index in [1.54, 1.807) is 0 Å². The monoisotopic (exact) mass is 299 g/mol.